The minimum atomic E-state index is 0.414. The van der Waals surface area contributed by atoms with Gasteiger partial charge in [-0.3, -0.25) is 0 Å². The van der Waals surface area contributed by atoms with Crippen LogP contribution in [0.3, 0.4) is 0 Å². The normalized spacial score (nSPS) is 29.8. The van der Waals surface area contributed by atoms with Gasteiger partial charge in [0.2, 0.25) is 0 Å². The van der Waals surface area contributed by atoms with Gasteiger partial charge < -0.3 is 5.11 Å². The lowest BCUT2D eigenvalue weighted by Crippen LogP contribution is -2.43. The van der Waals surface area contributed by atoms with Gasteiger partial charge in [0.05, 0.1) is 0 Å². The van der Waals surface area contributed by atoms with E-state index in [-0.39, 0.29) is 0 Å². The molecule has 2 nitrogen and oxygen atoms in total. The van der Waals surface area contributed by atoms with E-state index in [1.165, 1.54) is 43.2 Å². The summed E-state index contributed by atoms with van der Waals surface area (Å²) in [5.74, 6) is 1.37. The molecular weight excluding hydrogens is 222 g/mol. The highest BCUT2D eigenvalue weighted by Crippen LogP contribution is 2.38. The number of hydrogen-bond acceptors (Lipinski definition) is 1. The van der Waals surface area contributed by atoms with Crippen molar-refractivity contribution < 1.29 is 9.68 Å². The molecule has 0 amide bonds. The van der Waals surface area contributed by atoms with Crippen LogP contribution in [0, 0.1) is 5.92 Å². The van der Waals surface area contributed by atoms with E-state index in [2.05, 4.69) is 10.6 Å². The fraction of sp³-hybridized carbons (Fsp3) is 0.562. The molecule has 94 valence electrons. The Morgan fingerprint density at radius 1 is 1.11 bits per heavy atom. The Morgan fingerprint density at radius 2 is 2.06 bits per heavy atom. The lowest BCUT2D eigenvalue weighted by atomic mass is 9.85. The molecule has 2 heterocycles. The van der Waals surface area contributed by atoms with Gasteiger partial charge in [0.25, 0.3) is 0 Å². The lowest BCUT2D eigenvalue weighted by Gasteiger charge is -2.29. The van der Waals surface area contributed by atoms with Gasteiger partial charge >= 0.3 is 0 Å². The van der Waals surface area contributed by atoms with Gasteiger partial charge in [-0.05, 0) is 43.0 Å². The zero-order valence-electron chi connectivity index (χ0n) is 10.7. The topological polar surface area (TPSA) is 23.2 Å². The predicted molar refractivity (Wildman–Crippen MR) is 71.4 cm³/mol. The van der Waals surface area contributed by atoms with Crippen molar-refractivity contribution in [2.24, 2.45) is 5.92 Å². The van der Waals surface area contributed by atoms with Gasteiger partial charge in [0, 0.05) is 30.7 Å². The summed E-state index contributed by atoms with van der Waals surface area (Å²) in [7, 11) is 0. The number of nitrogens with zero attached hydrogens (tertiary/aromatic N) is 1. The maximum absolute atomic E-state index is 9.61. The summed E-state index contributed by atoms with van der Waals surface area (Å²) in [4.78, 5) is 0. The van der Waals surface area contributed by atoms with Crippen LogP contribution in [0.25, 0.3) is 0 Å². The van der Waals surface area contributed by atoms with Crippen molar-refractivity contribution in [2.45, 2.75) is 44.6 Å². The highest BCUT2D eigenvalue weighted by Gasteiger charge is 2.42. The largest absolute Gasteiger partial charge is 0.508 e. The summed E-state index contributed by atoms with van der Waals surface area (Å²) in [5, 5.41) is 9.61. The molecule has 1 aliphatic carbocycles. The van der Waals surface area contributed by atoms with Gasteiger partial charge in [0.15, 0.2) is 11.8 Å². The van der Waals surface area contributed by atoms with Crippen molar-refractivity contribution >= 4 is 5.71 Å². The number of fused-ring (bicyclic) bond motifs is 4. The summed E-state index contributed by atoms with van der Waals surface area (Å²) in [6.07, 6.45) is 7.95. The number of phenols is 1. The third-order valence-corrected chi connectivity index (χ3v) is 5.14. The van der Waals surface area contributed by atoms with Gasteiger partial charge in [-0.15, -0.1) is 0 Å². The smallest absolute Gasteiger partial charge is 0.183 e. The Kier molecular flexibility index (Phi) is 2.26. The summed E-state index contributed by atoms with van der Waals surface area (Å²) in [5.41, 5.74) is 4.31. The monoisotopic (exact) mass is 242 g/mol. The molecule has 0 spiro atoms. The number of benzene rings is 1. The average Bonchev–Trinajstić information content (AvgIpc) is 2.86. The number of phenolic OH excluding ortho intramolecular Hbond substituents is 1. The molecule has 0 unspecified atom stereocenters. The van der Waals surface area contributed by atoms with E-state index in [1.54, 1.807) is 5.71 Å². The van der Waals surface area contributed by atoms with Crippen LogP contribution in [-0.2, 0) is 6.42 Å². The van der Waals surface area contributed by atoms with E-state index in [9.17, 15) is 5.11 Å². The lowest BCUT2D eigenvalue weighted by molar-refractivity contribution is -0.577. The number of aromatic hydroxyl groups is 1. The average molecular weight is 242 g/mol. The van der Waals surface area contributed by atoms with E-state index < -0.39 is 0 Å². The Labute approximate surface area is 108 Å². The first-order valence-electron chi connectivity index (χ1n) is 7.27. The van der Waals surface area contributed by atoms with Crippen molar-refractivity contribution in [1.29, 1.82) is 0 Å². The third-order valence-electron chi connectivity index (χ3n) is 5.14. The Balaban J connectivity index is 1.83. The Bertz CT molecular complexity index is 532. The highest BCUT2D eigenvalue weighted by molar-refractivity contribution is 5.99. The number of rotatable bonds is 0. The first kappa shape index (κ1) is 10.6. The van der Waals surface area contributed by atoms with Crippen molar-refractivity contribution in [1.82, 2.24) is 0 Å². The Hall–Kier alpha value is -1.31. The van der Waals surface area contributed by atoms with Gasteiger partial charge in [-0.2, -0.15) is 0 Å². The van der Waals surface area contributed by atoms with E-state index in [0.717, 1.165) is 24.9 Å². The van der Waals surface area contributed by atoms with Crippen molar-refractivity contribution in [3.05, 3.63) is 29.3 Å². The van der Waals surface area contributed by atoms with E-state index >= 15 is 0 Å². The molecule has 4 rings (SSSR count). The molecule has 2 heteroatoms. The Morgan fingerprint density at radius 3 is 3.00 bits per heavy atom. The van der Waals surface area contributed by atoms with Gasteiger partial charge in [-0.1, -0.05) is 0 Å². The van der Waals surface area contributed by atoms with Crippen molar-refractivity contribution in [3.8, 4) is 5.75 Å². The fourth-order valence-corrected chi connectivity index (χ4v) is 4.33. The van der Waals surface area contributed by atoms with Crippen molar-refractivity contribution in [3.63, 3.8) is 0 Å². The van der Waals surface area contributed by atoms with Gasteiger partial charge in [-0.25, -0.2) is 4.58 Å². The minimum Gasteiger partial charge on any atom is -0.508 e. The fourth-order valence-electron chi connectivity index (χ4n) is 4.33. The molecular formula is C16H20NO+. The zero-order valence-corrected chi connectivity index (χ0v) is 10.7. The maximum Gasteiger partial charge on any atom is 0.183 e. The van der Waals surface area contributed by atoms with Crippen LogP contribution in [-0.4, -0.2) is 28.0 Å². The SMILES string of the molecule is Oc1ccc2c(c1)CC[N+]1=C2CC[C@H]2CCC[C@@H]21. The molecule has 0 aromatic heterocycles. The molecule has 1 saturated carbocycles. The molecule has 1 N–H and O–H groups in total. The standard InChI is InChI=1S/C16H19NO/c18-13-5-6-14-12(10-13)8-9-17-15-3-1-2-11(15)4-7-16(14)17/h5-6,10-11,15H,1-4,7-9H2/p+1/t11-,15+/m1/s1. The molecule has 0 bridgehead atoms. The molecule has 0 radical (unpaired) electrons. The van der Waals surface area contributed by atoms with Crippen LogP contribution in [0.2, 0.25) is 0 Å². The first-order chi connectivity index (χ1) is 8.83. The second-order valence-electron chi connectivity index (χ2n) is 6.03. The molecule has 18 heavy (non-hydrogen) atoms. The van der Waals surface area contributed by atoms with E-state index in [0.29, 0.717) is 5.75 Å². The molecule has 3 aliphatic rings. The summed E-state index contributed by atoms with van der Waals surface area (Å²) in [6, 6.07) is 6.74. The highest BCUT2D eigenvalue weighted by atomic mass is 16.3. The molecule has 1 aromatic carbocycles. The molecule has 0 saturated heterocycles. The second kappa shape index (κ2) is 3.84. The molecule has 2 aliphatic heterocycles. The predicted octanol–water partition coefficient (Wildman–Crippen LogP) is 2.71. The number of hydrogen-bond donors (Lipinski definition) is 1. The van der Waals surface area contributed by atoms with E-state index in [4.69, 9.17) is 0 Å². The minimum absolute atomic E-state index is 0.414. The van der Waals surface area contributed by atoms with Crippen LogP contribution in [0.5, 0.6) is 5.75 Å². The third kappa shape index (κ3) is 1.44. The van der Waals surface area contributed by atoms with Crippen LogP contribution >= 0.6 is 0 Å². The van der Waals surface area contributed by atoms with Crippen molar-refractivity contribution in [2.75, 3.05) is 6.54 Å². The van der Waals surface area contributed by atoms with Crippen LogP contribution in [0.15, 0.2) is 18.2 Å². The van der Waals surface area contributed by atoms with Crippen LogP contribution in [0.4, 0.5) is 0 Å². The molecule has 1 fully saturated rings. The van der Waals surface area contributed by atoms with Gasteiger partial charge in [0.1, 0.15) is 12.3 Å². The molecule has 2 atom stereocenters. The first-order valence-corrected chi connectivity index (χ1v) is 7.27. The maximum atomic E-state index is 9.61. The quantitative estimate of drug-likeness (QED) is 0.695. The summed E-state index contributed by atoms with van der Waals surface area (Å²) >= 11 is 0. The van der Waals surface area contributed by atoms with Crippen LogP contribution < -0.4 is 0 Å². The molecule has 1 aromatic rings. The van der Waals surface area contributed by atoms with E-state index in [1.807, 2.05) is 12.1 Å². The summed E-state index contributed by atoms with van der Waals surface area (Å²) < 4.78 is 2.69. The second-order valence-corrected chi connectivity index (χ2v) is 6.03. The zero-order chi connectivity index (χ0) is 12.1. The van der Waals surface area contributed by atoms with Crippen LogP contribution in [0.1, 0.15) is 43.2 Å². The summed E-state index contributed by atoms with van der Waals surface area (Å²) in [6.45, 7) is 1.16.